The van der Waals surface area contributed by atoms with Gasteiger partial charge in [0.15, 0.2) is 0 Å². The van der Waals surface area contributed by atoms with E-state index in [0.717, 1.165) is 10.6 Å². The number of nitrogens with zero attached hydrogens (tertiary/aromatic N) is 3. The van der Waals surface area contributed by atoms with Crippen molar-refractivity contribution in [1.29, 1.82) is 0 Å². The molecule has 2 heterocycles. The second-order valence-corrected chi connectivity index (χ2v) is 4.98. The summed E-state index contributed by atoms with van der Waals surface area (Å²) in [5, 5.41) is 7.27. The normalized spacial score (nSPS) is 10.8. The maximum atomic E-state index is 11.8. The van der Waals surface area contributed by atoms with Crippen LogP contribution in [-0.2, 0) is 6.54 Å². The Morgan fingerprint density at radius 2 is 2.29 bits per heavy atom. The predicted molar refractivity (Wildman–Crippen MR) is 68.5 cm³/mol. The van der Waals surface area contributed by atoms with E-state index in [0.29, 0.717) is 6.54 Å². The Bertz CT molecular complexity index is 533. The summed E-state index contributed by atoms with van der Waals surface area (Å²) in [6.07, 6.45) is 3.42. The first-order valence-electron chi connectivity index (χ1n) is 5.36. The van der Waals surface area contributed by atoms with Crippen molar-refractivity contribution in [2.75, 3.05) is 5.32 Å². The Morgan fingerprint density at radius 3 is 2.88 bits per heavy atom. The van der Waals surface area contributed by atoms with Crippen molar-refractivity contribution >= 4 is 17.0 Å². The molecule has 17 heavy (non-hydrogen) atoms. The fourth-order valence-electron chi connectivity index (χ4n) is 1.43. The van der Waals surface area contributed by atoms with Crippen molar-refractivity contribution in [3.8, 4) is 0 Å². The molecule has 0 spiro atoms. The molecule has 0 fully saturated rings. The topological polar surface area (TPSA) is 59.8 Å². The monoisotopic (exact) mass is 250 g/mol. The minimum atomic E-state index is -0.107. The molecule has 0 aliphatic rings. The van der Waals surface area contributed by atoms with Gasteiger partial charge < -0.3 is 5.32 Å². The van der Waals surface area contributed by atoms with Gasteiger partial charge in [-0.25, -0.2) is 4.68 Å². The lowest BCUT2D eigenvalue weighted by molar-refractivity contribution is 0.644. The van der Waals surface area contributed by atoms with Crippen LogP contribution < -0.4 is 10.9 Å². The zero-order valence-corrected chi connectivity index (χ0v) is 10.6. The third-order valence-electron chi connectivity index (χ3n) is 2.11. The van der Waals surface area contributed by atoms with Crippen LogP contribution in [-0.4, -0.2) is 20.8 Å². The van der Waals surface area contributed by atoms with E-state index in [1.54, 1.807) is 24.0 Å². The van der Waals surface area contributed by atoms with E-state index in [-0.39, 0.29) is 11.6 Å². The van der Waals surface area contributed by atoms with E-state index >= 15 is 0 Å². The van der Waals surface area contributed by atoms with E-state index in [1.165, 1.54) is 16.0 Å². The summed E-state index contributed by atoms with van der Waals surface area (Å²) in [4.78, 5) is 16.8. The van der Waals surface area contributed by atoms with Crippen LogP contribution in [0, 0.1) is 0 Å². The van der Waals surface area contributed by atoms with Crippen molar-refractivity contribution in [3.63, 3.8) is 0 Å². The predicted octanol–water partition coefficient (Wildman–Crippen LogP) is 1.57. The van der Waals surface area contributed by atoms with Crippen molar-refractivity contribution in [1.82, 2.24) is 14.8 Å². The van der Waals surface area contributed by atoms with Crippen LogP contribution in [0.2, 0.25) is 0 Å². The molecule has 1 N–H and O–H groups in total. The van der Waals surface area contributed by atoms with Crippen molar-refractivity contribution in [3.05, 3.63) is 39.2 Å². The first-order chi connectivity index (χ1) is 8.15. The minimum absolute atomic E-state index is 0.107. The second-order valence-electron chi connectivity index (χ2n) is 4.01. The third-order valence-corrected chi connectivity index (χ3v) is 2.88. The molecular weight excluding hydrogens is 236 g/mol. The van der Waals surface area contributed by atoms with Crippen molar-refractivity contribution in [2.24, 2.45) is 0 Å². The number of nitrogens with one attached hydrogen (secondary N) is 1. The molecule has 2 rings (SSSR count). The molecule has 0 unspecified atom stereocenters. The van der Waals surface area contributed by atoms with Gasteiger partial charge in [-0.1, -0.05) is 0 Å². The molecule has 0 aromatic carbocycles. The van der Waals surface area contributed by atoms with Crippen LogP contribution in [0.25, 0.3) is 0 Å². The van der Waals surface area contributed by atoms with Crippen LogP contribution in [0.15, 0.2) is 28.8 Å². The summed E-state index contributed by atoms with van der Waals surface area (Å²) in [6.45, 7) is 4.51. The zero-order valence-electron chi connectivity index (χ0n) is 9.75. The average molecular weight is 250 g/mol. The first-order valence-corrected chi connectivity index (χ1v) is 6.24. The molecule has 5 nitrogen and oxygen atoms in total. The van der Waals surface area contributed by atoms with Crippen LogP contribution in [0.4, 0.5) is 5.69 Å². The molecule has 2 aromatic heterocycles. The fraction of sp³-hybridized carbons (Fsp3) is 0.364. The molecule has 90 valence electrons. The zero-order chi connectivity index (χ0) is 12.3. The molecular formula is C11H14N4OS. The number of aromatic nitrogens is 3. The maximum absolute atomic E-state index is 11.8. The lowest BCUT2D eigenvalue weighted by Crippen LogP contribution is -2.23. The summed E-state index contributed by atoms with van der Waals surface area (Å²) in [5.74, 6) is 0. The van der Waals surface area contributed by atoms with Gasteiger partial charge in [0.05, 0.1) is 23.9 Å². The van der Waals surface area contributed by atoms with Gasteiger partial charge in [-0.15, -0.1) is 11.3 Å². The highest BCUT2D eigenvalue weighted by Gasteiger charge is 2.03. The molecule has 0 aliphatic carbocycles. The van der Waals surface area contributed by atoms with Crippen LogP contribution in [0.3, 0.4) is 0 Å². The van der Waals surface area contributed by atoms with Crippen LogP contribution in [0.5, 0.6) is 0 Å². The Labute approximate surface area is 103 Å². The van der Waals surface area contributed by atoms with E-state index in [1.807, 2.05) is 13.8 Å². The van der Waals surface area contributed by atoms with Gasteiger partial charge in [0, 0.05) is 23.2 Å². The molecule has 0 saturated heterocycles. The number of hydrogen-bond donors (Lipinski definition) is 1. The Kier molecular flexibility index (Phi) is 3.53. The lowest BCUT2D eigenvalue weighted by atomic mass is 10.3. The Hall–Kier alpha value is -1.69. The number of thiazole rings is 1. The molecule has 2 aromatic rings. The van der Waals surface area contributed by atoms with Crippen molar-refractivity contribution < 1.29 is 0 Å². The lowest BCUT2D eigenvalue weighted by Gasteiger charge is -2.09. The Morgan fingerprint density at radius 1 is 1.47 bits per heavy atom. The SMILES string of the molecule is CC(C)Nc1cnn(Cc2cncs2)c(=O)c1. The van der Waals surface area contributed by atoms with Crippen molar-refractivity contribution in [2.45, 2.75) is 26.4 Å². The summed E-state index contributed by atoms with van der Waals surface area (Å²) < 4.78 is 1.43. The van der Waals surface area contributed by atoms with Gasteiger partial charge in [-0.05, 0) is 13.8 Å². The summed E-state index contributed by atoms with van der Waals surface area (Å²) in [7, 11) is 0. The summed E-state index contributed by atoms with van der Waals surface area (Å²) in [6, 6.07) is 1.85. The highest BCUT2D eigenvalue weighted by atomic mass is 32.1. The smallest absolute Gasteiger partial charge is 0.269 e. The average Bonchev–Trinajstić information content (AvgIpc) is 2.74. The van der Waals surface area contributed by atoms with Gasteiger partial charge in [0.1, 0.15) is 0 Å². The quantitative estimate of drug-likeness (QED) is 0.894. The van der Waals surface area contributed by atoms with Gasteiger partial charge >= 0.3 is 0 Å². The number of hydrogen-bond acceptors (Lipinski definition) is 5. The van der Waals surface area contributed by atoms with E-state index < -0.39 is 0 Å². The van der Waals surface area contributed by atoms with Gasteiger partial charge in [0.2, 0.25) is 0 Å². The van der Waals surface area contributed by atoms with Crippen LogP contribution >= 0.6 is 11.3 Å². The standard InChI is InChI=1S/C11H14N4OS/c1-8(2)14-9-3-11(16)15(13-4-9)6-10-5-12-7-17-10/h3-5,7-8,14H,6H2,1-2H3. The molecule has 0 amide bonds. The highest BCUT2D eigenvalue weighted by molar-refractivity contribution is 7.09. The largest absolute Gasteiger partial charge is 0.381 e. The second kappa shape index (κ2) is 5.09. The summed E-state index contributed by atoms with van der Waals surface area (Å²) in [5.41, 5.74) is 2.39. The molecule has 0 radical (unpaired) electrons. The van der Waals surface area contributed by atoms with Crippen LogP contribution in [0.1, 0.15) is 18.7 Å². The van der Waals surface area contributed by atoms with E-state index in [2.05, 4.69) is 15.4 Å². The third kappa shape index (κ3) is 3.13. The first kappa shape index (κ1) is 11.8. The molecule has 0 saturated carbocycles. The number of anilines is 1. The fourth-order valence-corrected chi connectivity index (χ4v) is 2.01. The molecule has 6 heteroatoms. The van der Waals surface area contributed by atoms with E-state index in [4.69, 9.17) is 0 Å². The number of rotatable bonds is 4. The molecule has 0 bridgehead atoms. The molecule has 0 atom stereocenters. The summed E-state index contributed by atoms with van der Waals surface area (Å²) >= 11 is 1.51. The van der Waals surface area contributed by atoms with Gasteiger partial charge in [0.25, 0.3) is 5.56 Å². The Balaban J connectivity index is 2.17. The minimum Gasteiger partial charge on any atom is -0.381 e. The maximum Gasteiger partial charge on any atom is 0.269 e. The highest BCUT2D eigenvalue weighted by Crippen LogP contribution is 2.07. The van der Waals surface area contributed by atoms with Gasteiger partial charge in [-0.3, -0.25) is 9.78 Å². The molecule has 0 aliphatic heterocycles. The van der Waals surface area contributed by atoms with Gasteiger partial charge in [-0.2, -0.15) is 5.10 Å². The van der Waals surface area contributed by atoms with E-state index in [9.17, 15) is 4.79 Å².